The van der Waals surface area contributed by atoms with Crippen molar-refractivity contribution >= 4 is 17.5 Å². The van der Waals surface area contributed by atoms with Crippen molar-refractivity contribution in [1.29, 1.82) is 0 Å². The zero-order chi connectivity index (χ0) is 15.6. The van der Waals surface area contributed by atoms with Crippen LogP contribution in [0.4, 0.5) is 5.69 Å². The fourth-order valence-electron chi connectivity index (χ4n) is 2.29. The molecule has 0 saturated heterocycles. The van der Waals surface area contributed by atoms with Crippen LogP contribution in [-0.2, 0) is 9.59 Å². The summed E-state index contributed by atoms with van der Waals surface area (Å²) in [4.78, 5) is 26.0. The molecule has 1 aliphatic rings. The molecule has 0 aromatic heterocycles. The van der Waals surface area contributed by atoms with E-state index in [-0.39, 0.29) is 24.5 Å². The standard InChI is InChI=1S/C16H22N2O3/c1-5-11(3)17-16(20)12(4)18-13-8-10(2)6-7-14(13)21-9-15(18)19/h6-8,11-12H,5,9H2,1-4H3,(H,17,20)/t11-,12+/m1/s1. The van der Waals surface area contributed by atoms with Crippen LogP contribution in [0.2, 0.25) is 0 Å². The van der Waals surface area contributed by atoms with Gasteiger partial charge >= 0.3 is 0 Å². The molecule has 21 heavy (non-hydrogen) atoms. The van der Waals surface area contributed by atoms with Gasteiger partial charge in [0.15, 0.2) is 6.61 Å². The fraction of sp³-hybridized carbons (Fsp3) is 0.500. The number of hydrogen-bond donors (Lipinski definition) is 1. The lowest BCUT2D eigenvalue weighted by Crippen LogP contribution is -2.52. The van der Waals surface area contributed by atoms with Crippen molar-refractivity contribution in [2.24, 2.45) is 0 Å². The fourth-order valence-corrected chi connectivity index (χ4v) is 2.29. The summed E-state index contributed by atoms with van der Waals surface area (Å²) < 4.78 is 5.43. The highest BCUT2D eigenvalue weighted by molar-refractivity contribution is 6.03. The van der Waals surface area contributed by atoms with Gasteiger partial charge in [-0.1, -0.05) is 13.0 Å². The number of benzene rings is 1. The molecule has 5 nitrogen and oxygen atoms in total. The Morgan fingerprint density at radius 2 is 2.14 bits per heavy atom. The molecule has 0 saturated carbocycles. The van der Waals surface area contributed by atoms with Crippen LogP contribution in [0.1, 0.15) is 32.8 Å². The summed E-state index contributed by atoms with van der Waals surface area (Å²) in [6.07, 6.45) is 0.852. The normalized spacial score (nSPS) is 16.8. The topological polar surface area (TPSA) is 58.6 Å². The zero-order valence-corrected chi connectivity index (χ0v) is 13.0. The average molecular weight is 290 g/mol. The Balaban J connectivity index is 2.28. The molecular weight excluding hydrogens is 268 g/mol. The Labute approximate surface area is 125 Å². The van der Waals surface area contributed by atoms with Crippen molar-refractivity contribution in [1.82, 2.24) is 5.32 Å². The van der Waals surface area contributed by atoms with Crippen molar-refractivity contribution < 1.29 is 14.3 Å². The summed E-state index contributed by atoms with van der Waals surface area (Å²) in [5.74, 6) is 0.301. The highest BCUT2D eigenvalue weighted by atomic mass is 16.5. The molecule has 0 bridgehead atoms. The van der Waals surface area contributed by atoms with Crippen molar-refractivity contribution in [2.75, 3.05) is 11.5 Å². The van der Waals surface area contributed by atoms with E-state index in [0.717, 1.165) is 12.0 Å². The molecule has 0 unspecified atom stereocenters. The molecule has 1 aromatic carbocycles. The minimum absolute atomic E-state index is 0.0307. The van der Waals surface area contributed by atoms with Crippen molar-refractivity contribution in [3.63, 3.8) is 0 Å². The van der Waals surface area contributed by atoms with Crippen LogP contribution in [0.25, 0.3) is 0 Å². The Kier molecular flexibility index (Phi) is 4.50. The second kappa shape index (κ2) is 6.16. The molecule has 0 radical (unpaired) electrons. The summed E-state index contributed by atoms with van der Waals surface area (Å²) in [7, 11) is 0. The Morgan fingerprint density at radius 3 is 2.81 bits per heavy atom. The first-order chi connectivity index (χ1) is 9.93. The number of ether oxygens (including phenoxy) is 1. The second-order valence-corrected chi connectivity index (χ2v) is 5.52. The minimum Gasteiger partial charge on any atom is -0.482 e. The molecule has 1 aromatic rings. The largest absolute Gasteiger partial charge is 0.482 e. The molecule has 1 N–H and O–H groups in total. The maximum Gasteiger partial charge on any atom is 0.265 e. The summed E-state index contributed by atoms with van der Waals surface area (Å²) in [5, 5.41) is 2.92. The first-order valence-electron chi connectivity index (χ1n) is 7.30. The van der Waals surface area contributed by atoms with E-state index < -0.39 is 6.04 Å². The molecule has 0 fully saturated rings. The number of carbonyl (C=O) groups is 2. The molecule has 2 rings (SSSR count). The number of rotatable bonds is 4. The third-order valence-corrected chi connectivity index (χ3v) is 3.76. The van der Waals surface area contributed by atoms with E-state index in [4.69, 9.17) is 4.74 Å². The van der Waals surface area contributed by atoms with Gasteiger partial charge in [0.05, 0.1) is 5.69 Å². The Morgan fingerprint density at radius 1 is 1.43 bits per heavy atom. The van der Waals surface area contributed by atoms with Crippen LogP contribution in [0.3, 0.4) is 0 Å². The summed E-state index contributed by atoms with van der Waals surface area (Å²) in [5.41, 5.74) is 1.68. The van der Waals surface area contributed by atoms with Gasteiger partial charge in [0, 0.05) is 6.04 Å². The minimum atomic E-state index is -0.559. The number of nitrogens with one attached hydrogen (secondary N) is 1. The van der Waals surface area contributed by atoms with Crippen LogP contribution in [0.15, 0.2) is 18.2 Å². The highest BCUT2D eigenvalue weighted by Crippen LogP contribution is 2.34. The van der Waals surface area contributed by atoms with Crippen molar-refractivity contribution in [3.05, 3.63) is 23.8 Å². The number of carbonyl (C=O) groups excluding carboxylic acids is 2. The van der Waals surface area contributed by atoms with Crippen LogP contribution < -0.4 is 15.0 Å². The molecule has 0 aliphatic carbocycles. The average Bonchev–Trinajstić information content (AvgIpc) is 2.46. The molecule has 1 heterocycles. The maximum atomic E-state index is 12.3. The number of fused-ring (bicyclic) bond motifs is 1. The first-order valence-corrected chi connectivity index (χ1v) is 7.30. The smallest absolute Gasteiger partial charge is 0.265 e. The van der Waals surface area contributed by atoms with Crippen molar-refractivity contribution in [3.8, 4) is 5.75 Å². The van der Waals surface area contributed by atoms with Gasteiger partial charge in [-0.3, -0.25) is 14.5 Å². The van der Waals surface area contributed by atoms with E-state index in [2.05, 4.69) is 5.32 Å². The lowest BCUT2D eigenvalue weighted by atomic mass is 10.1. The third-order valence-electron chi connectivity index (χ3n) is 3.76. The van der Waals surface area contributed by atoms with E-state index in [1.807, 2.05) is 39.0 Å². The van der Waals surface area contributed by atoms with Crippen LogP contribution in [-0.4, -0.2) is 30.5 Å². The van der Waals surface area contributed by atoms with Gasteiger partial charge in [-0.2, -0.15) is 0 Å². The molecule has 1 aliphatic heterocycles. The van der Waals surface area contributed by atoms with Crippen LogP contribution >= 0.6 is 0 Å². The third kappa shape index (κ3) is 3.17. The van der Waals surface area contributed by atoms with Crippen LogP contribution in [0, 0.1) is 6.92 Å². The van der Waals surface area contributed by atoms with E-state index in [1.54, 1.807) is 6.92 Å². The Hall–Kier alpha value is -2.04. The van der Waals surface area contributed by atoms with Gasteiger partial charge in [-0.25, -0.2) is 0 Å². The number of nitrogens with zero attached hydrogens (tertiary/aromatic N) is 1. The molecule has 114 valence electrons. The predicted molar refractivity (Wildman–Crippen MR) is 81.5 cm³/mol. The maximum absolute atomic E-state index is 12.3. The number of hydrogen-bond acceptors (Lipinski definition) is 3. The molecule has 2 atom stereocenters. The van der Waals surface area contributed by atoms with E-state index in [9.17, 15) is 9.59 Å². The van der Waals surface area contributed by atoms with Gasteiger partial charge in [0.2, 0.25) is 5.91 Å². The SMILES string of the molecule is CC[C@@H](C)NC(=O)[C@H](C)N1C(=O)COc2ccc(C)cc21. The van der Waals surface area contributed by atoms with Crippen molar-refractivity contribution in [2.45, 2.75) is 46.2 Å². The summed E-state index contributed by atoms with van der Waals surface area (Å²) in [6.45, 7) is 7.61. The Bertz CT molecular complexity index is 556. The van der Waals surface area contributed by atoms with Gasteiger partial charge in [0.1, 0.15) is 11.8 Å². The molecule has 0 spiro atoms. The van der Waals surface area contributed by atoms with Gasteiger partial charge in [-0.05, 0) is 44.9 Å². The monoisotopic (exact) mass is 290 g/mol. The van der Waals surface area contributed by atoms with E-state index >= 15 is 0 Å². The lowest BCUT2D eigenvalue weighted by molar-refractivity contribution is -0.127. The first kappa shape index (κ1) is 15.4. The van der Waals surface area contributed by atoms with Gasteiger partial charge in [-0.15, -0.1) is 0 Å². The highest BCUT2D eigenvalue weighted by Gasteiger charge is 2.33. The molecular formula is C16H22N2O3. The predicted octanol–water partition coefficient (Wildman–Crippen LogP) is 2.02. The number of amides is 2. The quantitative estimate of drug-likeness (QED) is 0.923. The lowest BCUT2D eigenvalue weighted by Gasteiger charge is -2.34. The van der Waals surface area contributed by atoms with Crippen LogP contribution in [0.5, 0.6) is 5.75 Å². The van der Waals surface area contributed by atoms with Gasteiger partial charge < -0.3 is 10.1 Å². The summed E-state index contributed by atoms with van der Waals surface area (Å²) in [6, 6.07) is 5.17. The van der Waals surface area contributed by atoms with E-state index in [1.165, 1.54) is 4.90 Å². The summed E-state index contributed by atoms with van der Waals surface area (Å²) >= 11 is 0. The number of anilines is 1. The number of aryl methyl sites for hydroxylation is 1. The molecule has 2 amide bonds. The van der Waals surface area contributed by atoms with E-state index in [0.29, 0.717) is 11.4 Å². The second-order valence-electron chi connectivity index (χ2n) is 5.52. The van der Waals surface area contributed by atoms with Gasteiger partial charge in [0.25, 0.3) is 5.91 Å². The zero-order valence-electron chi connectivity index (χ0n) is 13.0. The molecule has 5 heteroatoms.